The second kappa shape index (κ2) is 6.61. The zero-order chi connectivity index (χ0) is 18.1. The van der Waals surface area contributed by atoms with E-state index < -0.39 is 5.97 Å². The van der Waals surface area contributed by atoms with E-state index in [1.165, 1.54) is 24.3 Å². The average Bonchev–Trinajstić information content (AvgIpc) is 3.17. The lowest BCUT2D eigenvalue weighted by atomic mass is 10.1. The van der Waals surface area contributed by atoms with Gasteiger partial charge in [0.05, 0.1) is 30.2 Å². The van der Waals surface area contributed by atoms with Crippen molar-refractivity contribution < 1.29 is 18.7 Å². The summed E-state index contributed by atoms with van der Waals surface area (Å²) in [4.78, 5) is 26.7. The molecule has 5 nitrogen and oxygen atoms in total. The molecule has 6 heteroatoms. The lowest BCUT2D eigenvalue weighted by Gasteiger charge is -2.18. The fourth-order valence-corrected chi connectivity index (χ4v) is 2.90. The van der Waals surface area contributed by atoms with Crippen molar-refractivity contribution in [1.82, 2.24) is 0 Å². The maximum atomic E-state index is 13.0. The standard InChI is InChI=1S/C19H16ClNO4/c1-11-6-7-13(9-16(11)20)21-12(2)17(19(23)24-3)15(18(21)22)10-14-5-4-8-25-14/h4-10H,1-3H3/b15-10-. The predicted octanol–water partition coefficient (Wildman–Crippen LogP) is 4.12. The maximum Gasteiger partial charge on any atom is 0.340 e. The number of amides is 1. The number of anilines is 1. The molecule has 0 spiro atoms. The number of allylic oxidation sites excluding steroid dienone is 1. The minimum atomic E-state index is -0.579. The van der Waals surface area contributed by atoms with Crippen molar-refractivity contribution in [3.8, 4) is 0 Å². The van der Waals surface area contributed by atoms with Crippen LogP contribution in [-0.2, 0) is 14.3 Å². The molecule has 128 valence electrons. The number of carbonyl (C=O) groups excluding carboxylic acids is 2. The molecule has 1 aliphatic heterocycles. The molecular weight excluding hydrogens is 342 g/mol. The van der Waals surface area contributed by atoms with Gasteiger partial charge >= 0.3 is 5.97 Å². The SMILES string of the molecule is COC(=O)C1=C(C)N(c2ccc(C)c(Cl)c2)C(=O)/C1=C\c1ccco1. The second-order valence-electron chi connectivity index (χ2n) is 5.60. The van der Waals surface area contributed by atoms with Crippen molar-refractivity contribution in [2.24, 2.45) is 0 Å². The molecule has 2 aromatic rings. The highest BCUT2D eigenvalue weighted by molar-refractivity contribution is 6.32. The van der Waals surface area contributed by atoms with E-state index in [2.05, 4.69) is 0 Å². The Balaban J connectivity index is 2.15. The maximum absolute atomic E-state index is 13.0. The molecule has 1 aromatic heterocycles. The van der Waals surface area contributed by atoms with Crippen molar-refractivity contribution in [1.29, 1.82) is 0 Å². The van der Waals surface area contributed by atoms with Crippen molar-refractivity contribution in [2.45, 2.75) is 13.8 Å². The van der Waals surface area contributed by atoms with E-state index in [-0.39, 0.29) is 17.1 Å². The number of hydrogen-bond acceptors (Lipinski definition) is 4. The number of aryl methyl sites for hydroxylation is 1. The molecule has 0 N–H and O–H groups in total. The van der Waals surface area contributed by atoms with E-state index in [1.54, 1.807) is 31.2 Å². The number of esters is 1. The Kier molecular flexibility index (Phi) is 4.51. The van der Waals surface area contributed by atoms with E-state index in [9.17, 15) is 9.59 Å². The average molecular weight is 358 g/mol. The number of rotatable bonds is 3. The molecule has 25 heavy (non-hydrogen) atoms. The van der Waals surface area contributed by atoms with Gasteiger partial charge in [0.1, 0.15) is 5.76 Å². The molecule has 0 atom stereocenters. The number of halogens is 1. The monoisotopic (exact) mass is 357 g/mol. The third-order valence-electron chi connectivity index (χ3n) is 4.03. The van der Waals surface area contributed by atoms with Crippen LogP contribution in [0.1, 0.15) is 18.2 Å². The lowest BCUT2D eigenvalue weighted by molar-refractivity contribution is -0.136. The van der Waals surface area contributed by atoms with Crippen LogP contribution in [0.3, 0.4) is 0 Å². The van der Waals surface area contributed by atoms with Crippen LogP contribution in [-0.4, -0.2) is 19.0 Å². The molecule has 1 amide bonds. The van der Waals surface area contributed by atoms with Gasteiger partial charge in [0.2, 0.25) is 0 Å². The summed E-state index contributed by atoms with van der Waals surface area (Å²) in [6.07, 6.45) is 3.03. The summed E-state index contributed by atoms with van der Waals surface area (Å²) >= 11 is 6.19. The molecule has 3 rings (SSSR count). The fraction of sp³-hybridized carbons (Fsp3) is 0.158. The second-order valence-corrected chi connectivity index (χ2v) is 6.01. The molecule has 0 radical (unpaired) electrons. The Morgan fingerprint density at radius 3 is 2.64 bits per heavy atom. The van der Waals surface area contributed by atoms with Crippen molar-refractivity contribution >= 4 is 35.2 Å². The molecule has 0 unspecified atom stereocenters. The van der Waals surface area contributed by atoms with E-state index in [1.807, 2.05) is 13.0 Å². The molecule has 0 saturated heterocycles. The van der Waals surface area contributed by atoms with Crippen LogP contribution in [0, 0.1) is 6.92 Å². The highest BCUT2D eigenvalue weighted by Gasteiger charge is 2.38. The largest absolute Gasteiger partial charge is 0.465 e. The number of hydrogen-bond donors (Lipinski definition) is 0. The van der Waals surface area contributed by atoms with E-state index in [0.717, 1.165) is 5.56 Å². The zero-order valence-electron chi connectivity index (χ0n) is 14.0. The molecule has 0 saturated carbocycles. The molecule has 0 bridgehead atoms. The zero-order valence-corrected chi connectivity index (χ0v) is 14.8. The summed E-state index contributed by atoms with van der Waals surface area (Å²) in [5, 5.41) is 0.543. The fourth-order valence-electron chi connectivity index (χ4n) is 2.73. The van der Waals surface area contributed by atoms with Crippen LogP contribution in [0.2, 0.25) is 5.02 Å². The Morgan fingerprint density at radius 2 is 2.04 bits per heavy atom. The van der Waals surface area contributed by atoms with Crippen LogP contribution in [0.25, 0.3) is 6.08 Å². The van der Waals surface area contributed by atoms with Gasteiger partial charge in [-0.15, -0.1) is 0 Å². The molecule has 1 aliphatic rings. The third-order valence-corrected chi connectivity index (χ3v) is 4.44. The van der Waals surface area contributed by atoms with Crippen LogP contribution >= 0.6 is 11.6 Å². The Hall–Kier alpha value is -2.79. The summed E-state index contributed by atoms with van der Waals surface area (Å²) in [5.74, 6) is -0.445. The summed E-state index contributed by atoms with van der Waals surface area (Å²) in [6, 6.07) is 8.72. The third kappa shape index (κ3) is 2.98. The summed E-state index contributed by atoms with van der Waals surface area (Å²) in [7, 11) is 1.28. The highest BCUT2D eigenvalue weighted by atomic mass is 35.5. The summed E-state index contributed by atoms with van der Waals surface area (Å²) in [5.41, 5.74) is 2.40. The van der Waals surface area contributed by atoms with Gasteiger partial charge in [-0.1, -0.05) is 17.7 Å². The number of nitrogens with zero attached hydrogens (tertiary/aromatic N) is 1. The quantitative estimate of drug-likeness (QED) is 0.612. The Labute approximate surface area is 150 Å². The van der Waals surface area contributed by atoms with E-state index in [4.69, 9.17) is 20.8 Å². The summed E-state index contributed by atoms with van der Waals surface area (Å²) < 4.78 is 10.1. The van der Waals surface area contributed by atoms with Crippen molar-refractivity contribution in [2.75, 3.05) is 12.0 Å². The lowest BCUT2D eigenvalue weighted by Crippen LogP contribution is -2.24. The molecule has 0 aliphatic carbocycles. The molecular formula is C19H16ClNO4. The molecule has 1 aromatic carbocycles. The van der Waals surface area contributed by atoms with Gasteiger partial charge in [-0.25, -0.2) is 4.79 Å². The number of ether oxygens (including phenoxy) is 1. The predicted molar refractivity (Wildman–Crippen MR) is 95.1 cm³/mol. The van der Waals surface area contributed by atoms with Crippen molar-refractivity contribution in [3.63, 3.8) is 0 Å². The van der Waals surface area contributed by atoms with Crippen LogP contribution < -0.4 is 4.90 Å². The minimum Gasteiger partial charge on any atom is -0.465 e. The van der Waals surface area contributed by atoms with E-state index >= 15 is 0 Å². The first-order chi connectivity index (χ1) is 11.9. The van der Waals surface area contributed by atoms with Gasteiger partial charge in [0, 0.05) is 10.7 Å². The smallest absolute Gasteiger partial charge is 0.340 e. The van der Waals surface area contributed by atoms with Crippen LogP contribution in [0.15, 0.2) is 57.9 Å². The molecule has 0 fully saturated rings. The normalized spacial score (nSPS) is 16.1. The summed E-state index contributed by atoms with van der Waals surface area (Å²) in [6.45, 7) is 3.57. The van der Waals surface area contributed by atoms with Gasteiger partial charge in [-0.3, -0.25) is 9.69 Å². The van der Waals surface area contributed by atoms with Gasteiger partial charge in [-0.2, -0.15) is 0 Å². The van der Waals surface area contributed by atoms with Crippen molar-refractivity contribution in [3.05, 3.63) is 69.8 Å². The number of carbonyl (C=O) groups is 2. The minimum absolute atomic E-state index is 0.209. The number of benzene rings is 1. The first-order valence-corrected chi connectivity index (χ1v) is 7.97. The topological polar surface area (TPSA) is 59.8 Å². The van der Waals surface area contributed by atoms with Gasteiger partial charge in [-0.05, 0) is 49.8 Å². The van der Waals surface area contributed by atoms with Crippen LogP contribution in [0.4, 0.5) is 5.69 Å². The first-order valence-electron chi connectivity index (χ1n) is 7.59. The highest BCUT2D eigenvalue weighted by Crippen LogP contribution is 2.36. The number of furan rings is 1. The van der Waals surface area contributed by atoms with Gasteiger partial charge < -0.3 is 9.15 Å². The Bertz CT molecular complexity index is 910. The van der Waals surface area contributed by atoms with Crippen LogP contribution in [0.5, 0.6) is 0 Å². The number of methoxy groups -OCH3 is 1. The molecule has 2 heterocycles. The van der Waals surface area contributed by atoms with Gasteiger partial charge in [0.25, 0.3) is 5.91 Å². The van der Waals surface area contributed by atoms with E-state index in [0.29, 0.717) is 22.2 Å². The van der Waals surface area contributed by atoms with Gasteiger partial charge in [0.15, 0.2) is 0 Å². The first kappa shape index (κ1) is 17.0. The Morgan fingerprint density at radius 1 is 1.28 bits per heavy atom.